The van der Waals surface area contributed by atoms with Crippen LogP contribution in [-0.2, 0) is 11.3 Å². The number of primary amides is 1. The SMILES string of the molecule is CN(Cc1nc2ccccc2c(=O)[nH]1)[C@H](C(N)=O)c1ccc(F)cc1. The van der Waals surface area contributed by atoms with Crippen LogP contribution in [0.25, 0.3) is 10.9 Å². The highest BCUT2D eigenvalue weighted by atomic mass is 19.1. The van der Waals surface area contributed by atoms with Gasteiger partial charge in [-0.05, 0) is 36.9 Å². The van der Waals surface area contributed by atoms with Crippen LogP contribution in [0.5, 0.6) is 0 Å². The number of carbonyl (C=O) groups excluding carboxylic acids is 1. The molecule has 0 aliphatic heterocycles. The lowest BCUT2D eigenvalue weighted by Gasteiger charge is -2.25. The van der Waals surface area contributed by atoms with E-state index in [1.807, 2.05) is 0 Å². The fourth-order valence-corrected chi connectivity index (χ4v) is 2.82. The van der Waals surface area contributed by atoms with Crippen LogP contribution in [0.1, 0.15) is 17.4 Å². The van der Waals surface area contributed by atoms with Crippen molar-refractivity contribution in [3.63, 3.8) is 0 Å². The van der Waals surface area contributed by atoms with Crippen LogP contribution in [0.3, 0.4) is 0 Å². The van der Waals surface area contributed by atoms with E-state index in [-0.39, 0.29) is 12.1 Å². The van der Waals surface area contributed by atoms with E-state index in [2.05, 4.69) is 9.97 Å². The van der Waals surface area contributed by atoms with E-state index in [1.54, 1.807) is 36.2 Å². The molecule has 0 spiro atoms. The minimum Gasteiger partial charge on any atom is -0.368 e. The third-order valence-corrected chi connectivity index (χ3v) is 3.96. The highest BCUT2D eigenvalue weighted by molar-refractivity contribution is 5.81. The van der Waals surface area contributed by atoms with E-state index in [9.17, 15) is 14.0 Å². The zero-order chi connectivity index (χ0) is 18.0. The summed E-state index contributed by atoms with van der Waals surface area (Å²) in [6.45, 7) is 0.199. The first-order valence-corrected chi connectivity index (χ1v) is 7.68. The number of aromatic amines is 1. The summed E-state index contributed by atoms with van der Waals surface area (Å²) in [4.78, 5) is 32.8. The number of nitrogens with one attached hydrogen (secondary N) is 1. The van der Waals surface area contributed by atoms with Gasteiger partial charge in [0.1, 0.15) is 17.7 Å². The number of aromatic nitrogens is 2. The van der Waals surface area contributed by atoms with Gasteiger partial charge in [0.15, 0.2) is 0 Å². The Morgan fingerprint density at radius 2 is 1.92 bits per heavy atom. The predicted octanol–water partition coefficient (Wildman–Crippen LogP) is 1.72. The first-order chi connectivity index (χ1) is 12.0. The second kappa shape index (κ2) is 6.82. The van der Waals surface area contributed by atoms with Crippen molar-refractivity contribution >= 4 is 16.8 Å². The maximum absolute atomic E-state index is 13.1. The second-order valence-electron chi connectivity index (χ2n) is 5.80. The number of para-hydroxylation sites is 1. The van der Waals surface area contributed by atoms with E-state index in [1.165, 1.54) is 24.3 Å². The number of hydrogen-bond donors (Lipinski definition) is 2. The average molecular weight is 340 g/mol. The number of H-pyrrole nitrogens is 1. The molecule has 1 aromatic heterocycles. The van der Waals surface area contributed by atoms with Gasteiger partial charge in [0.25, 0.3) is 5.56 Å². The molecule has 0 bridgehead atoms. The Morgan fingerprint density at radius 1 is 1.24 bits per heavy atom. The number of nitrogens with zero attached hydrogens (tertiary/aromatic N) is 2. The first-order valence-electron chi connectivity index (χ1n) is 7.68. The van der Waals surface area contributed by atoms with Gasteiger partial charge in [-0.3, -0.25) is 14.5 Å². The molecule has 0 saturated carbocycles. The number of halogens is 1. The summed E-state index contributed by atoms with van der Waals surface area (Å²) in [5.74, 6) is -0.549. The summed E-state index contributed by atoms with van der Waals surface area (Å²) >= 11 is 0. The fourth-order valence-electron chi connectivity index (χ4n) is 2.82. The van der Waals surface area contributed by atoms with Crippen LogP contribution in [0.15, 0.2) is 53.3 Å². The highest BCUT2D eigenvalue weighted by Crippen LogP contribution is 2.21. The molecule has 0 unspecified atom stereocenters. The van der Waals surface area contributed by atoms with Gasteiger partial charge in [-0.25, -0.2) is 9.37 Å². The summed E-state index contributed by atoms with van der Waals surface area (Å²) in [5.41, 5.74) is 6.42. The van der Waals surface area contributed by atoms with Crippen LogP contribution in [0.4, 0.5) is 4.39 Å². The van der Waals surface area contributed by atoms with Crippen molar-refractivity contribution < 1.29 is 9.18 Å². The Hall–Kier alpha value is -3.06. The third kappa shape index (κ3) is 3.56. The first kappa shape index (κ1) is 16.8. The van der Waals surface area contributed by atoms with Crippen LogP contribution < -0.4 is 11.3 Å². The molecule has 0 aliphatic carbocycles. The molecule has 0 fully saturated rings. The number of benzene rings is 2. The molecule has 3 N–H and O–H groups in total. The molecular weight excluding hydrogens is 323 g/mol. The zero-order valence-corrected chi connectivity index (χ0v) is 13.6. The summed E-state index contributed by atoms with van der Waals surface area (Å²) in [6, 6.07) is 11.8. The van der Waals surface area contributed by atoms with Crippen LogP contribution in [0, 0.1) is 5.82 Å². The van der Waals surface area contributed by atoms with Crippen molar-refractivity contribution in [3.8, 4) is 0 Å². The van der Waals surface area contributed by atoms with Crippen molar-refractivity contribution in [2.45, 2.75) is 12.6 Å². The number of hydrogen-bond acceptors (Lipinski definition) is 4. The Balaban J connectivity index is 1.91. The van der Waals surface area contributed by atoms with E-state index in [0.717, 1.165) is 0 Å². The molecule has 1 heterocycles. The lowest BCUT2D eigenvalue weighted by atomic mass is 10.1. The van der Waals surface area contributed by atoms with Crippen molar-refractivity contribution in [2.75, 3.05) is 7.05 Å². The third-order valence-electron chi connectivity index (χ3n) is 3.96. The van der Waals surface area contributed by atoms with Gasteiger partial charge in [0, 0.05) is 0 Å². The monoisotopic (exact) mass is 340 g/mol. The quantitative estimate of drug-likeness (QED) is 0.740. The summed E-state index contributed by atoms with van der Waals surface area (Å²) in [6.07, 6.45) is 0. The molecule has 1 atom stereocenters. The van der Waals surface area contributed by atoms with Gasteiger partial charge < -0.3 is 10.7 Å². The normalized spacial score (nSPS) is 12.4. The van der Waals surface area contributed by atoms with Crippen LogP contribution in [-0.4, -0.2) is 27.8 Å². The van der Waals surface area contributed by atoms with Crippen molar-refractivity contribution in [2.24, 2.45) is 5.73 Å². The van der Waals surface area contributed by atoms with E-state index >= 15 is 0 Å². The van der Waals surface area contributed by atoms with Crippen molar-refractivity contribution in [1.82, 2.24) is 14.9 Å². The summed E-state index contributed by atoms with van der Waals surface area (Å²) in [7, 11) is 1.69. The molecule has 0 aliphatic rings. The molecule has 25 heavy (non-hydrogen) atoms. The van der Waals surface area contributed by atoms with Gasteiger partial charge in [-0.1, -0.05) is 24.3 Å². The molecule has 2 aromatic carbocycles. The summed E-state index contributed by atoms with van der Waals surface area (Å²) < 4.78 is 13.1. The number of nitrogens with two attached hydrogens (primary N) is 1. The standard InChI is InChI=1S/C18H17FN4O2/c1-23(16(17(20)24)11-6-8-12(19)9-7-11)10-15-21-14-5-3-2-4-13(14)18(25)22-15/h2-9,16H,10H2,1H3,(H2,20,24)(H,21,22,25)/t16-/m0/s1. The van der Waals surface area contributed by atoms with Gasteiger partial charge in [0.2, 0.25) is 5.91 Å². The number of likely N-dealkylation sites (N-methyl/N-ethyl adjacent to an activating group) is 1. The minimum atomic E-state index is -0.766. The lowest BCUT2D eigenvalue weighted by molar-refractivity contribution is -0.123. The fraction of sp³-hybridized carbons (Fsp3) is 0.167. The largest absolute Gasteiger partial charge is 0.368 e. The Morgan fingerprint density at radius 3 is 2.60 bits per heavy atom. The van der Waals surface area contributed by atoms with Crippen molar-refractivity contribution in [3.05, 3.63) is 76.1 Å². The second-order valence-corrected chi connectivity index (χ2v) is 5.80. The van der Waals surface area contributed by atoms with Gasteiger partial charge >= 0.3 is 0 Å². The van der Waals surface area contributed by atoms with Gasteiger partial charge in [-0.15, -0.1) is 0 Å². The number of fused-ring (bicyclic) bond motifs is 1. The minimum absolute atomic E-state index is 0.199. The number of rotatable bonds is 5. The maximum Gasteiger partial charge on any atom is 0.258 e. The number of carbonyl (C=O) groups is 1. The molecule has 128 valence electrons. The molecule has 6 nitrogen and oxygen atoms in total. The smallest absolute Gasteiger partial charge is 0.258 e. The van der Waals surface area contributed by atoms with E-state index in [0.29, 0.717) is 22.3 Å². The topological polar surface area (TPSA) is 92.1 Å². The summed E-state index contributed by atoms with van der Waals surface area (Å²) in [5, 5.41) is 0.499. The molecule has 0 saturated heterocycles. The van der Waals surface area contributed by atoms with E-state index < -0.39 is 17.8 Å². The molecule has 3 rings (SSSR count). The molecule has 1 amide bonds. The van der Waals surface area contributed by atoms with E-state index in [4.69, 9.17) is 5.73 Å². The average Bonchev–Trinajstić information content (AvgIpc) is 2.56. The Kier molecular flexibility index (Phi) is 4.58. The molecule has 3 aromatic rings. The van der Waals surface area contributed by atoms with Crippen LogP contribution >= 0.6 is 0 Å². The molecule has 7 heteroatoms. The predicted molar refractivity (Wildman–Crippen MR) is 92.2 cm³/mol. The lowest BCUT2D eigenvalue weighted by Crippen LogP contribution is -2.35. The van der Waals surface area contributed by atoms with Crippen molar-refractivity contribution in [1.29, 1.82) is 0 Å². The molecular formula is C18H17FN4O2. The maximum atomic E-state index is 13.1. The highest BCUT2D eigenvalue weighted by Gasteiger charge is 2.23. The number of amides is 1. The Bertz CT molecular complexity index is 969. The zero-order valence-electron chi connectivity index (χ0n) is 13.6. The van der Waals surface area contributed by atoms with Gasteiger partial charge in [-0.2, -0.15) is 0 Å². The Labute approximate surface area is 143 Å². The molecule has 0 radical (unpaired) electrons. The van der Waals surface area contributed by atoms with Gasteiger partial charge in [0.05, 0.1) is 17.4 Å². The van der Waals surface area contributed by atoms with Crippen LogP contribution in [0.2, 0.25) is 0 Å².